The van der Waals surface area contributed by atoms with Gasteiger partial charge in [-0.3, -0.25) is 9.59 Å². The summed E-state index contributed by atoms with van der Waals surface area (Å²) in [4.78, 5) is 32.3. The molecule has 1 aromatic heterocycles. The Balaban J connectivity index is 1.66. The SMILES string of the molecule is COC(CN)CC(=O)NCCC(=O)N1CCN(c2ccccn2)CC1. The first kappa shape index (κ1) is 19.1. The highest BCUT2D eigenvalue weighted by atomic mass is 16.5. The standard InChI is InChI=1S/C17H27N5O3/c1-25-14(13-18)12-16(23)20-7-5-17(24)22-10-8-21(9-11-22)15-4-2-3-6-19-15/h2-4,6,14H,5,7-13,18H2,1H3,(H,20,23). The third kappa shape index (κ3) is 5.99. The van der Waals surface area contributed by atoms with E-state index in [0.717, 1.165) is 18.9 Å². The summed E-state index contributed by atoms with van der Waals surface area (Å²) in [7, 11) is 1.53. The lowest BCUT2D eigenvalue weighted by Gasteiger charge is -2.35. The molecule has 0 radical (unpaired) electrons. The van der Waals surface area contributed by atoms with Crippen LogP contribution in [0.4, 0.5) is 5.82 Å². The number of piperazine rings is 1. The molecule has 8 heteroatoms. The molecule has 0 spiro atoms. The predicted molar refractivity (Wildman–Crippen MR) is 95.1 cm³/mol. The largest absolute Gasteiger partial charge is 0.380 e. The van der Waals surface area contributed by atoms with Gasteiger partial charge < -0.3 is 25.6 Å². The van der Waals surface area contributed by atoms with Crippen molar-refractivity contribution < 1.29 is 14.3 Å². The Bertz CT molecular complexity index is 542. The first-order valence-electron chi connectivity index (χ1n) is 8.57. The van der Waals surface area contributed by atoms with Gasteiger partial charge in [-0.25, -0.2) is 4.98 Å². The third-order valence-electron chi connectivity index (χ3n) is 4.28. The maximum Gasteiger partial charge on any atom is 0.224 e. The van der Waals surface area contributed by atoms with Gasteiger partial charge in [0, 0.05) is 59.0 Å². The third-order valence-corrected chi connectivity index (χ3v) is 4.28. The van der Waals surface area contributed by atoms with Gasteiger partial charge in [-0.05, 0) is 12.1 Å². The van der Waals surface area contributed by atoms with Gasteiger partial charge in [0.25, 0.3) is 0 Å². The molecule has 138 valence electrons. The summed E-state index contributed by atoms with van der Waals surface area (Å²) in [5.41, 5.74) is 5.49. The molecule has 2 heterocycles. The Morgan fingerprint density at radius 1 is 1.32 bits per heavy atom. The lowest BCUT2D eigenvalue weighted by atomic mass is 10.2. The molecule has 2 rings (SSSR count). The van der Waals surface area contributed by atoms with Crippen LogP contribution in [0.2, 0.25) is 0 Å². The minimum absolute atomic E-state index is 0.0584. The van der Waals surface area contributed by atoms with Crippen molar-refractivity contribution in [1.82, 2.24) is 15.2 Å². The van der Waals surface area contributed by atoms with Crippen LogP contribution >= 0.6 is 0 Å². The van der Waals surface area contributed by atoms with Crippen molar-refractivity contribution in [2.45, 2.75) is 18.9 Å². The van der Waals surface area contributed by atoms with Crippen LogP contribution in [0, 0.1) is 0 Å². The molecule has 8 nitrogen and oxygen atoms in total. The van der Waals surface area contributed by atoms with Crippen molar-refractivity contribution in [1.29, 1.82) is 0 Å². The quantitative estimate of drug-likeness (QED) is 0.662. The predicted octanol–water partition coefficient (Wildman–Crippen LogP) is -0.400. The van der Waals surface area contributed by atoms with Crippen LogP contribution in [0.5, 0.6) is 0 Å². The van der Waals surface area contributed by atoms with E-state index in [1.54, 1.807) is 6.20 Å². The van der Waals surface area contributed by atoms with E-state index in [1.807, 2.05) is 23.1 Å². The first-order valence-corrected chi connectivity index (χ1v) is 8.57. The minimum atomic E-state index is -0.282. The van der Waals surface area contributed by atoms with Crippen molar-refractivity contribution in [2.24, 2.45) is 5.73 Å². The number of nitrogens with zero attached hydrogens (tertiary/aromatic N) is 3. The van der Waals surface area contributed by atoms with E-state index in [9.17, 15) is 9.59 Å². The zero-order valence-electron chi connectivity index (χ0n) is 14.7. The van der Waals surface area contributed by atoms with Crippen LogP contribution in [0.25, 0.3) is 0 Å². The molecule has 3 N–H and O–H groups in total. The van der Waals surface area contributed by atoms with E-state index in [1.165, 1.54) is 7.11 Å². The molecule has 0 aromatic carbocycles. The first-order chi connectivity index (χ1) is 12.1. The van der Waals surface area contributed by atoms with Crippen LogP contribution in [0.3, 0.4) is 0 Å². The molecule has 1 unspecified atom stereocenters. The van der Waals surface area contributed by atoms with Crippen molar-refractivity contribution in [3.63, 3.8) is 0 Å². The molecule has 1 aliphatic rings. The lowest BCUT2D eigenvalue weighted by molar-refractivity contribution is -0.131. The number of pyridine rings is 1. The van der Waals surface area contributed by atoms with Crippen molar-refractivity contribution in [3.8, 4) is 0 Å². The van der Waals surface area contributed by atoms with E-state index < -0.39 is 0 Å². The summed E-state index contributed by atoms with van der Waals surface area (Å²) in [6.07, 6.45) is 2.00. The number of hydrogen-bond acceptors (Lipinski definition) is 6. The molecule has 0 bridgehead atoms. The molecular weight excluding hydrogens is 322 g/mol. The summed E-state index contributed by atoms with van der Waals surface area (Å²) >= 11 is 0. The van der Waals surface area contributed by atoms with E-state index in [-0.39, 0.29) is 24.3 Å². The average Bonchev–Trinajstić information content (AvgIpc) is 2.66. The van der Waals surface area contributed by atoms with Gasteiger partial charge in [0.15, 0.2) is 0 Å². The van der Waals surface area contributed by atoms with Crippen LogP contribution in [-0.2, 0) is 14.3 Å². The Hall–Kier alpha value is -2.19. The summed E-state index contributed by atoms with van der Waals surface area (Å²) in [6, 6.07) is 5.82. The van der Waals surface area contributed by atoms with Gasteiger partial charge in [0.2, 0.25) is 11.8 Å². The summed E-state index contributed by atoms with van der Waals surface area (Å²) < 4.78 is 5.07. The Morgan fingerprint density at radius 2 is 2.08 bits per heavy atom. The zero-order valence-corrected chi connectivity index (χ0v) is 14.7. The van der Waals surface area contributed by atoms with Gasteiger partial charge in [0.1, 0.15) is 5.82 Å². The number of methoxy groups -OCH3 is 1. The molecule has 1 aliphatic heterocycles. The number of amides is 2. The second kappa shape index (κ2) is 9.95. The van der Waals surface area contributed by atoms with Crippen LogP contribution < -0.4 is 16.0 Å². The number of rotatable bonds is 8. The van der Waals surface area contributed by atoms with Gasteiger partial charge in [-0.2, -0.15) is 0 Å². The highest BCUT2D eigenvalue weighted by molar-refractivity contribution is 5.79. The summed E-state index contributed by atoms with van der Waals surface area (Å²) in [5, 5.41) is 2.74. The molecular formula is C17H27N5O3. The van der Waals surface area contributed by atoms with Crippen molar-refractivity contribution >= 4 is 17.6 Å². The van der Waals surface area contributed by atoms with Gasteiger partial charge in [0.05, 0.1) is 12.5 Å². The number of aromatic nitrogens is 1. The van der Waals surface area contributed by atoms with Crippen molar-refractivity contribution in [2.75, 3.05) is 51.3 Å². The molecule has 2 amide bonds. The summed E-state index contributed by atoms with van der Waals surface area (Å²) in [6.45, 7) is 3.50. The zero-order chi connectivity index (χ0) is 18.1. The van der Waals surface area contributed by atoms with E-state index >= 15 is 0 Å². The monoisotopic (exact) mass is 349 g/mol. The molecule has 1 aromatic rings. The maximum absolute atomic E-state index is 12.3. The Labute approximate surface area is 148 Å². The molecule has 1 atom stereocenters. The van der Waals surface area contributed by atoms with E-state index in [0.29, 0.717) is 32.6 Å². The second-order valence-corrected chi connectivity index (χ2v) is 5.95. The Morgan fingerprint density at radius 3 is 2.68 bits per heavy atom. The molecule has 1 fully saturated rings. The molecule has 0 aliphatic carbocycles. The van der Waals surface area contributed by atoms with Crippen LogP contribution in [-0.4, -0.2) is 74.2 Å². The average molecular weight is 349 g/mol. The Kier molecular flexibility index (Phi) is 7.62. The molecule has 0 saturated carbocycles. The van der Waals surface area contributed by atoms with Gasteiger partial charge in [-0.15, -0.1) is 0 Å². The fourth-order valence-electron chi connectivity index (χ4n) is 2.73. The van der Waals surface area contributed by atoms with Crippen LogP contribution in [0.15, 0.2) is 24.4 Å². The topological polar surface area (TPSA) is 101 Å². The number of ether oxygens (including phenoxy) is 1. The highest BCUT2D eigenvalue weighted by Gasteiger charge is 2.21. The van der Waals surface area contributed by atoms with Gasteiger partial charge >= 0.3 is 0 Å². The fraction of sp³-hybridized carbons (Fsp3) is 0.588. The lowest BCUT2D eigenvalue weighted by Crippen LogP contribution is -2.49. The number of carbonyl (C=O) groups excluding carboxylic acids is 2. The van der Waals surface area contributed by atoms with Crippen molar-refractivity contribution in [3.05, 3.63) is 24.4 Å². The minimum Gasteiger partial charge on any atom is -0.380 e. The number of nitrogens with one attached hydrogen (secondary N) is 1. The summed E-state index contributed by atoms with van der Waals surface area (Å²) in [5.74, 6) is 0.850. The smallest absolute Gasteiger partial charge is 0.224 e. The molecule has 1 saturated heterocycles. The van der Waals surface area contributed by atoms with E-state index in [4.69, 9.17) is 10.5 Å². The number of nitrogens with two attached hydrogens (primary N) is 1. The maximum atomic E-state index is 12.3. The number of carbonyl (C=O) groups is 2. The molecule has 25 heavy (non-hydrogen) atoms. The van der Waals surface area contributed by atoms with Crippen LogP contribution in [0.1, 0.15) is 12.8 Å². The number of hydrogen-bond donors (Lipinski definition) is 2. The normalized spacial score (nSPS) is 15.8. The number of anilines is 1. The fourth-order valence-corrected chi connectivity index (χ4v) is 2.73. The van der Waals surface area contributed by atoms with Gasteiger partial charge in [-0.1, -0.05) is 6.07 Å². The highest BCUT2D eigenvalue weighted by Crippen LogP contribution is 2.12. The van der Waals surface area contributed by atoms with E-state index in [2.05, 4.69) is 15.2 Å². The second-order valence-electron chi connectivity index (χ2n) is 5.95.